The Morgan fingerprint density at radius 3 is 2.44 bits per heavy atom. The average molecular weight is 130 g/mol. The number of carbonyl (C=O) groups excluding carboxylic acids is 1. The number of hydrogen-bond donors (Lipinski definition) is 0. The van der Waals surface area contributed by atoms with Crippen LogP contribution in [0.25, 0.3) is 0 Å². The van der Waals surface area contributed by atoms with Gasteiger partial charge >= 0.3 is 0 Å². The summed E-state index contributed by atoms with van der Waals surface area (Å²) in [7, 11) is 0. The second-order valence-electron chi connectivity index (χ2n) is 2.28. The van der Waals surface area contributed by atoms with Gasteiger partial charge in [0.05, 0.1) is 13.2 Å². The zero-order chi connectivity index (χ0) is 6.69. The highest BCUT2D eigenvalue weighted by Gasteiger charge is 2.17. The van der Waals surface area contributed by atoms with Gasteiger partial charge in [0.2, 0.25) is 6.29 Å². The van der Waals surface area contributed by atoms with E-state index in [0.29, 0.717) is 25.4 Å². The van der Waals surface area contributed by atoms with Crippen LogP contribution in [0.1, 0.15) is 6.92 Å². The van der Waals surface area contributed by atoms with E-state index in [9.17, 15) is 4.79 Å². The molecule has 0 bridgehead atoms. The number of ether oxygens (including phenoxy) is 2. The summed E-state index contributed by atoms with van der Waals surface area (Å²) in [5.41, 5.74) is 0. The third-order valence-corrected chi connectivity index (χ3v) is 1.20. The van der Waals surface area contributed by atoms with Gasteiger partial charge in [0, 0.05) is 5.92 Å². The predicted molar refractivity (Wildman–Crippen MR) is 30.9 cm³/mol. The van der Waals surface area contributed by atoms with Gasteiger partial charge in [0.1, 0.15) is 0 Å². The van der Waals surface area contributed by atoms with E-state index in [1.807, 2.05) is 6.92 Å². The smallest absolute Gasteiger partial charge is 0.214 e. The van der Waals surface area contributed by atoms with Gasteiger partial charge in [-0.1, -0.05) is 6.92 Å². The Bertz CT molecular complexity index is 94.5. The summed E-state index contributed by atoms with van der Waals surface area (Å²) in [5, 5.41) is 0. The molecule has 0 aromatic heterocycles. The molecule has 0 aromatic carbocycles. The minimum atomic E-state index is -0.610. The van der Waals surface area contributed by atoms with Crippen LogP contribution in [0.4, 0.5) is 0 Å². The van der Waals surface area contributed by atoms with Crippen molar-refractivity contribution in [3.8, 4) is 0 Å². The molecule has 52 valence electrons. The van der Waals surface area contributed by atoms with Crippen molar-refractivity contribution in [2.75, 3.05) is 13.2 Å². The van der Waals surface area contributed by atoms with Crippen LogP contribution in [-0.2, 0) is 14.3 Å². The molecule has 1 fully saturated rings. The van der Waals surface area contributed by atoms with Crippen LogP contribution in [0.2, 0.25) is 0 Å². The third-order valence-electron chi connectivity index (χ3n) is 1.20. The molecular formula is C6H10O3. The van der Waals surface area contributed by atoms with Crippen LogP contribution in [0.3, 0.4) is 0 Å². The summed E-state index contributed by atoms with van der Waals surface area (Å²) >= 11 is 0. The normalized spacial score (nSPS) is 36.1. The van der Waals surface area contributed by atoms with Crippen LogP contribution in [-0.4, -0.2) is 25.8 Å². The Labute approximate surface area is 53.9 Å². The maximum Gasteiger partial charge on any atom is 0.214 e. The molecule has 0 amide bonds. The molecule has 3 heteroatoms. The highest BCUT2D eigenvalue weighted by atomic mass is 16.7. The standard InChI is InChI=1S/C6H10O3/c1-5-3-8-6(2-7)9-4-5/h2,5-6H,3-4H2,1H3. The molecule has 1 aliphatic heterocycles. The Morgan fingerprint density at radius 1 is 1.44 bits per heavy atom. The van der Waals surface area contributed by atoms with Crippen molar-refractivity contribution in [2.24, 2.45) is 5.92 Å². The first-order valence-corrected chi connectivity index (χ1v) is 3.01. The van der Waals surface area contributed by atoms with Gasteiger partial charge in [-0.25, -0.2) is 0 Å². The van der Waals surface area contributed by atoms with Gasteiger partial charge in [-0.3, -0.25) is 4.79 Å². The summed E-state index contributed by atoms with van der Waals surface area (Å²) in [4.78, 5) is 10.0. The molecule has 1 heterocycles. The largest absolute Gasteiger partial charge is 0.346 e. The molecule has 0 spiro atoms. The average Bonchev–Trinajstić information content (AvgIpc) is 1.90. The summed E-state index contributed by atoms with van der Waals surface area (Å²) in [6, 6.07) is 0. The lowest BCUT2D eigenvalue weighted by atomic mass is 10.2. The molecule has 0 radical (unpaired) electrons. The van der Waals surface area contributed by atoms with Crippen LogP contribution >= 0.6 is 0 Å². The van der Waals surface area contributed by atoms with Crippen molar-refractivity contribution in [3.63, 3.8) is 0 Å². The van der Waals surface area contributed by atoms with Gasteiger partial charge in [0.15, 0.2) is 6.29 Å². The number of hydrogen-bond acceptors (Lipinski definition) is 3. The minimum Gasteiger partial charge on any atom is -0.346 e. The van der Waals surface area contributed by atoms with Gasteiger partial charge in [-0.05, 0) is 0 Å². The van der Waals surface area contributed by atoms with Crippen molar-refractivity contribution < 1.29 is 14.3 Å². The maximum absolute atomic E-state index is 10.0. The lowest BCUT2D eigenvalue weighted by molar-refractivity contribution is -0.190. The first kappa shape index (κ1) is 6.71. The number of carbonyl (C=O) groups is 1. The Balaban J connectivity index is 2.26. The number of rotatable bonds is 1. The Kier molecular flexibility index (Phi) is 2.19. The first-order valence-electron chi connectivity index (χ1n) is 3.01. The minimum absolute atomic E-state index is 0.418. The Hall–Kier alpha value is -0.410. The molecule has 3 nitrogen and oxygen atoms in total. The highest BCUT2D eigenvalue weighted by Crippen LogP contribution is 2.07. The molecular weight excluding hydrogens is 120 g/mol. The predicted octanol–water partition coefficient (Wildman–Crippen LogP) is 0.194. The topological polar surface area (TPSA) is 35.5 Å². The lowest BCUT2D eigenvalue weighted by Gasteiger charge is -2.23. The maximum atomic E-state index is 10.0. The fraction of sp³-hybridized carbons (Fsp3) is 0.833. The van der Waals surface area contributed by atoms with Gasteiger partial charge in [-0.2, -0.15) is 0 Å². The molecule has 0 N–H and O–H groups in total. The fourth-order valence-corrected chi connectivity index (χ4v) is 0.693. The molecule has 0 aliphatic carbocycles. The summed E-state index contributed by atoms with van der Waals surface area (Å²) in [5.74, 6) is 0.418. The van der Waals surface area contributed by atoms with Gasteiger partial charge in [-0.15, -0.1) is 0 Å². The SMILES string of the molecule is CC1COC(C=O)OC1. The van der Waals surface area contributed by atoms with E-state index in [2.05, 4.69) is 0 Å². The van der Waals surface area contributed by atoms with Gasteiger partial charge in [0.25, 0.3) is 0 Å². The summed E-state index contributed by atoms with van der Waals surface area (Å²) < 4.78 is 9.90. The quantitative estimate of drug-likeness (QED) is 0.475. The molecule has 0 aromatic rings. The Morgan fingerprint density at radius 2 is 2.00 bits per heavy atom. The van der Waals surface area contributed by atoms with Crippen molar-refractivity contribution in [3.05, 3.63) is 0 Å². The highest BCUT2D eigenvalue weighted by molar-refractivity contribution is 5.53. The van der Waals surface area contributed by atoms with E-state index >= 15 is 0 Å². The first-order chi connectivity index (χ1) is 4.33. The van der Waals surface area contributed by atoms with Gasteiger partial charge < -0.3 is 9.47 Å². The van der Waals surface area contributed by atoms with Crippen molar-refractivity contribution in [1.82, 2.24) is 0 Å². The van der Waals surface area contributed by atoms with E-state index in [4.69, 9.17) is 9.47 Å². The zero-order valence-electron chi connectivity index (χ0n) is 5.37. The molecule has 1 aliphatic rings. The molecule has 0 saturated carbocycles. The van der Waals surface area contributed by atoms with E-state index in [1.165, 1.54) is 0 Å². The third kappa shape index (κ3) is 1.77. The fourth-order valence-electron chi connectivity index (χ4n) is 0.693. The van der Waals surface area contributed by atoms with E-state index in [-0.39, 0.29) is 0 Å². The molecule has 1 rings (SSSR count). The molecule has 0 unspecified atom stereocenters. The van der Waals surface area contributed by atoms with Crippen molar-refractivity contribution in [2.45, 2.75) is 13.2 Å². The molecule has 1 saturated heterocycles. The monoisotopic (exact) mass is 130 g/mol. The van der Waals surface area contributed by atoms with E-state index in [1.54, 1.807) is 0 Å². The van der Waals surface area contributed by atoms with E-state index in [0.717, 1.165) is 0 Å². The summed E-state index contributed by atoms with van der Waals surface area (Å²) in [6.45, 7) is 3.27. The van der Waals surface area contributed by atoms with Crippen LogP contribution < -0.4 is 0 Å². The lowest BCUT2D eigenvalue weighted by Crippen LogP contribution is -2.31. The van der Waals surface area contributed by atoms with Crippen LogP contribution in [0.15, 0.2) is 0 Å². The second-order valence-corrected chi connectivity index (χ2v) is 2.28. The van der Waals surface area contributed by atoms with Crippen LogP contribution in [0.5, 0.6) is 0 Å². The number of aldehydes is 1. The van der Waals surface area contributed by atoms with Crippen molar-refractivity contribution >= 4 is 6.29 Å². The second kappa shape index (κ2) is 2.94. The van der Waals surface area contributed by atoms with E-state index < -0.39 is 6.29 Å². The van der Waals surface area contributed by atoms with Crippen LogP contribution in [0, 0.1) is 5.92 Å². The molecule has 0 atom stereocenters. The molecule has 9 heavy (non-hydrogen) atoms. The zero-order valence-corrected chi connectivity index (χ0v) is 5.37. The summed E-state index contributed by atoms with van der Waals surface area (Å²) in [6.07, 6.45) is 0.0625. The van der Waals surface area contributed by atoms with Crippen molar-refractivity contribution in [1.29, 1.82) is 0 Å².